The Morgan fingerprint density at radius 3 is 2.35 bits per heavy atom. The van der Waals surface area contributed by atoms with E-state index in [2.05, 4.69) is 6.92 Å². The van der Waals surface area contributed by atoms with E-state index in [4.69, 9.17) is 0 Å². The number of rotatable bonds is 6. The molecule has 0 saturated carbocycles. The van der Waals surface area contributed by atoms with Gasteiger partial charge < -0.3 is 10.2 Å². The fraction of sp³-hybridized carbons (Fsp3) is 0.368. The zero-order valence-electron chi connectivity index (χ0n) is 13.5. The lowest BCUT2D eigenvalue weighted by molar-refractivity contribution is -0.142. The first-order chi connectivity index (χ1) is 10.9. The number of carbonyl (C=O) groups is 2. The Morgan fingerprint density at radius 1 is 1.17 bits per heavy atom. The van der Waals surface area contributed by atoms with Gasteiger partial charge in [-0.05, 0) is 37.0 Å². The van der Waals surface area contributed by atoms with Gasteiger partial charge in [0.1, 0.15) is 5.41 Å². The number of aliphatic carboxylic acids is 2. The SMILES string of the molecule is CCCCc1ccc(C2(C(=O)O)C=C(C)C=C(C(=O)O)C2)cc1. The molecule has 1 unspecified atom stereocenters. The van der Waals surface area contributed by atoms with Crippen LogP contribution in [-0.2, 0) is 21.4 Å². The average Bonchev–Trinajstić information content (AvgIpc) is 2.52. The van der Waals surface area contributed by atoms with E-state index in [-0.39, 0.29) is 12.0 Å². The maximum atomic E-state index is 12.0. The van der Waals surface area contributed by atoms with Gasteiger partial charge in [-0.3, -0.25) is 4.79 Å². The number of aryl methyl sites for hydroxylation is 1. The lowest BCUT2D eigenvalue weighted by atomic mass is 9.71. The van der Waals surface area contributed by atoms with Crippen molar-refractivity contribution in [3.8, 4) is 0 Å². The van der Waals surface area contributed by atoms with Gasteiger partial charge in [0.15, 0.2) is 0 Å². The van der Waals surface area contributed by atoms with E-state index in [0.717, 1.165) is 19.3 Å². The molecule has 0 heterocycles. The molecule has 4 nitrogen and oxygen atoms in total. The first kappa shape index (κ1) is 17.0. The summed E-state index contributed by atoms with van der Waals surface area (Å²) in [5.41, 5.74) is 1.27. The predicted octanol–water partition coefficient (Wildman–Crippen LogP) is 3.71. The van der Waals surface area contributed by atoms with Crippen LogP contribution in [0, 0.1) is 0 Å². The highest BCUT2D eigenvalue weighted by molar-refractivity contribution is 5.93. The Balaban J connectivity index is 2.41. The summed E-state index contributed by atoms with van der Waals surface area (Å²) >= 11 is 0. The monoisotopic (exact) mass is 314 g/mol. The normalized spacial score (nSPS) is 20.6. The highest BCUT2D eigenvalue weighted by Gasteiger charge is 2.42. The Hall–Kier alpha value is -2.36. The Kier molecular flexibility index (Phi) is 5.04. The van der Waals surface area contributed by atoms with E-state index in [1.54, 1.807) is 19.1 Å². The van der Waals surface area contributed by atoms with Gasteiger partial charge in [0, 0.05) is 12.0 Å². The fourth-order valence-electron chi connectivity index (χ4n) is 3.04. The van der Waals surface area contributed by atoms with Gasteiger partial charge in [-0.2, -0.15) is 0 Å². The van der Waals surface area contributed by atoms with Crippen molar-refractivity contribution < 1.29 is 19.8 Å². The number of hydrogen-bond donors (Lipinski definition) is 2. The molecule has 0 aliphatic heterocycles. The zero-order chi connectivity index (χ0) is 17.0. The number of unbranched alkanes of at least 4 members (excludes halogenated alkanes) is 1. The number of allylic oxidation sites excluding steroid dienone is 2. The highest BCUT2D eigenvalue weighted by Crippen LogP contribution is 2.38. The summed E-state index contributed by atoms with van der Waals surface area (Å²) in [5, 5.41) is 19.1. The van der Waals surface area contributed by atoms with Crippen molar-refractivity contribution >= 4 is 11.9 Å². The molecular formula is C19H22O4. The molecule has 122 valence electrons. The largest absolute Gasteiger partial charge is 0.480 e. The number of benzene rings is 1. The predicted molar refractivity (Wildman–Crippen MR) is 88.5 cm³/mol. The first-order valence-electron chi connectivity index (χ1n) is 7.85. The van der Waals surface area contributed by atoms with Crippen molar-refractivity contribution in [2.75, 3.05) is 0 Å². The van der Waals surface area contributed by atoms with Gasteiger partial charge in [-0.1, -0.05) is 49.3 Å². The highest BCUT2D eigenvalue weighted by atomic mass is 16.4. The van der Waals surface area contributed by atoms with Crippen LogP contribution in [-0.4, -0.2) is 22.2 Å². The third kappa shape index (κ3) is 3.52. The van der Waals surface area contributed by atoms with Crippen LogP contribution in [0.4, 0.5) is 0 Å². The molecule has 0 radical (unpaired) electrons. The first-order valence-corrected chi connectivity index (χ1v) is 7.85. The van der Waals surface area contributed by atoms with Gasteiger partial charge in [0.25, 0.3) is 0 Å². The van der Waals surface area contributed by atoms with Crippen molar-refractivity contribution in [3.05, 3.63) is 58.7 Å². The van der Waals surface area contributed by atoms with Crippen molar-refractivity contribution in [1.29, 1.82) is 0 Å². The molecule has 1 aliphatic carbocycles. The molecule has 0 fully saturated rings. The quantitative estimate of drug-likeness (QED) is 0.839. The minimum atomic E-state index is -1.31. The van der Waals surface area contributed by atoms with Crippen LogP contribution in [0.5, 0.6) is 0 Å². The third-order valence-electron chi connectivity index (χ3n) is 4.29. The van der Waals surface area contributed by atoms with Gasteiger partial charge in [0.2, 0.25) is 0 Å². The summed E-state index contributed by atoms with van der Waals surface area (Å²) in [4.78, 5) is 23.3. The van der Waals surface area contributed by atoms with Crippen LogP contribution in [0.25, 0.3) is 0 Å². The van der Waals surface area contributed by atoms with Crippen LogP contribution in [0.1, 0.15) is 44.2 Å². The fourth-order valence-corrected chi connectivity index (χ4v) is 3.04. The third-order valence-corrected chi connectivity index (χ3v) is 4.29. The standard InChI is InChI=1S/C19H22O4/c1-3-4-5-14-6-8-16(9-7-14)19(18(22)23)11-13(2)10-15(12-19)17(20)21/h6-11H,3-5,12H2,1-2H3,(H,20,21)(H,22,23). The molecule has 4 heteroatoms. The van der Waals surface area contributed by atoms with Crippen LogP contribution >= 0.6 is 0 Å². The van der Waals surface area contributed by atoms with Crippen LogP contribution in [0.15, 0.2) is 47.6 Å². The van der Waals surface area contributed by atoms with Gasteiger partial charge in [-0.25, -0.2) is 4.79 Å². The van der Waals surface area contributed by atoms with Gasteiger partial charge >= 0.3 is 11.9 Å². The molecule has 0 spiro atoms. The topological polar surface area (TPSA) is 74.6 Å². The molecule has 2 rings (SSSR count). The van der Waals surface area contributed by atoms with Crippen molar-refractivity contribution in [3.63, 3.8) is 0 Å². The zero-order valence-corrected chi connectivity index (χ0v) is 13.5. The summed E-state index contributed by atoms with van der Waals surface area (Å²) in [6.45, 7) is 3.86. The second kappa shape index (κ2) is 6.82. The van der Waals surface area contributed by atoms with E-state index >= 15 is 0 Å². The molecule has 1 aromatic rings. The van der Waals surface area contributed by atoms with Crippen molar-refractivity contribution in [2.45, 2.75) is 44.9 Å². The van der Waals surface area contributed by atoms with E-state index in [9.17, 15) is 19.8 Å². The van der Waals surface area contributed by atoms with Crippen LogP contribution in [0.3, 0.4) is 0 Å². The maximum absolute atomic E-state index is 12.0. The molecule has 23 heavy (non-hydrogen) atoms. The maximum Gasteiger partial charge on any atom is 0.331 e. The van der Waals surface area contributed by atoms with Crippen molar-refractivity contribution in [2.24, 2.45) is 0 Å². The lowest BCUT2D eigenvalue weighted by Crippen LogP contribution is -2.37. The average molecular weight is 314 g/mol. The second-order valence-electron chi connectivity index (χ2n) is 6.12. The Labute approximate surface area is 136 Å². The number of carboxylic acid groups (broad SMARTS) is 2. The van der Waals surface area contributed by atoms with Gasteiger partial charge in [0.05, 0.1) is 0 Å². The van der Waals surface area contributed by atoms with Crippen LogP contribution in [0.2, 0.25) is 0 Å². The molecule has 0 saturated heterocycles. The number of hydrogen-bond acceptors (Lipinski definition) is 2. The summed E-state index contributed by atoms with van der Waals surface area (Å²) in [6, 6.07) is 7.51. The molecular weight excluding hydrogens is 292 g/mol. The summed E-state index contributed by atoms with van der Waals surface area (Å²) < 4.78 is 0. The minimum absolute atomic E-state index is 0.0384. The van der Waals surface area contributed by atoms with Gasteiger partial charge in [-0.15, -0.1) is 0 Å². The lowest BCUT2D eigenvalue weighted by Gasteiger charge is -2.30. The van der Waals surface area contributed by atoms with E-state index in [1.165, 1.54) is 5.56 Å². The van der Waals surface area contributed by atoms with E-state index < -0.39 is 17.4 Å². The molecule has 0 amide bonds. The Bertz CT molecular complexity index is 667. The molecule has 2 N–H and O–H groups in total. The van der Waals surface area contributed by atoms with Crippen molar-refractivity contribution in [1.82, 2.24) is 0 Å². The second-order valence-corrected chi connectivity index (χ2v) is 6.12. The van der Waals surface area contributed by atoms with Crippen LogP contribution < -0.4 is 0 Å². The molecule has 1 atom stereocenters. The molecule has 1 aliphatic rings. The molecule has 0 bridgehead atoms. The molecule has 0 aromatic heterocycles. The smallest absolute Gasteiger partial charge is 0.331 e. The summed E-state index contributed by atoms with van der Waals surface area (Å²) in [7, 11) is 0. The number of carboxylic acids is 2. The van der Waals surface area contributed by atoms with E-state index in [0.29, 0.717) is 11.1 Å². The molecule has 1 aromatic carbocycles. The summed E-state index contributed by atoms with van der Waals surface area (Å²) in [6.07, 6.45) is 6.32. The van der Waals surface area contributed by atoms with E-state index in [1.807, 2.05) is 24.3 Å². The Morgan fingerprint density at radius 2 is 1.83 bits per heavy atom. The summed E-state index contributed by atoms with van der Waals surface area (Å²) in [5.74, 6) is -2.09. The minimum Gasteiger partial charge on any atom is -0.480 e.